The van der Waals surface area contributed by atoms with Crippen molar-refractivity contribution >= 4 is 22.8 Å². The minimum atomic E-state index is -1.33. The topological polar surface area (TPSA) is 109 Å². The highest BCUT2D eigenvalue weighted by molar-refractivity contribution is 5.84. The fraction of sp³-hybridized carbons (Fsp3) is 0.421. The van der Waals surface area contributed by atoms with Gasteiger partial charge in [-0.1, -0.05) is 27.2 Å². The number of fused-ring (bicyclic) bond motifs is 1. The summed E-state index contributed by atoms with van der Waals surface area (Å²) in [5.74, 6) is -1.81. The summed E-state index contributed by atoms with van der Waals surface area (Å²) in [4.78, 5) is 34.7. The Morgan fingerprint density at radius 2 is 2.00 bits per heavy atom. The molecule has 0 aliphatic rings. The van der Waals surface area contributed by atoms with Crippen LogP contribution in [-0.4, -0.2) is 24.5 Å². The molecule has 0 aliphatic carbocycles. The van der Waals surface area contributed by atoms with Crippen LogP contribution < -0.4 is 20.8 Å². The van der Waals surface area contributed by atoms with E-state index in [2.05, 4.69) is 5.32 Å². The molecular formula is C19H22NO6-. The van der Waals surface area contributed by atoms with Crippen LogP contribution in [0.3, 0.4) is 0 Å². The Labute approximate surface area is 151 Å². The van der Waals surface area contributed by atoms with E-state index in [0.717, 1.165) is 10.9 Å². The van der Waals surface area contributed by atoms with Crippen LogP contribution in [0.25, 0.3) is 11.0 Å². The molecule has 1 heterocycles. The van der Waals surface area contributed by atoms with Gasteiger partial charge in [0, 0.05) is 17.5 Å². The standard InChI is InChI=1S/C19H23NO6/c1-4-11(3)18(19(23)24)20-16(21)10-25-13-6-7-14-12(5-2)8-17(22)26-15(14)9-13/h6-9,11,18H,4-5,10H2,1-3H3,(H,20,21)(H,23,24)/p-1/t11-,18-/m0/s1. The lowest BCUT2D eigenvalue weighted by molar-refractivity contribution is -0.309. The van der Waals surface area contributed by atoms with Crippen LogP contribution in [-0.2, 0) is 16.0 Å². The summed E-state index contributed by atoms with van der Waals surface area (Å²) < 4.78 is 10.6. The lowest BCUT2D eigenvalue weighted by atomic mass is 9.99. The van der Waals surface area contributed by atoms with Crippen molar-refractivity contribution in [3.63, 3.8) is 0 Å². The molecule has 0 fully saturated rings. The Hall–Kier alpha value is -2.83. The Morgan fingerprint density at radius 3 is 2.62 bits per heavy atom. The van der Waals surface area contributed by atoms with E-state index in [1.807, 2.05) is 13.8 Å². The first kappa shape index (κ1) is 19.5. The maximum absolute atomic E-state index is 12.0. The molecule has 0 spiro atoms. The van der Waals surface area contributed by atoms with E-state index in [-0.39, 0.29) is 12.5 Å². The zero-order chi connectivity index (χ0) is 19.3. The van der Waals surface area contributed by atoms with Crippen molar-refractivity contribution in [2.24, 2.45) is 5.92 Å². The van der Waals surface area contributed by atoms with Crippen LogP contribution in [0.4, 0.5) is 0 Å². The molecule has 26 heavy (non-hydrogen) atoms. The number of rotatable bonds is 8. The minimum absolute atomic E-state index is 0.258. The van der Waals surface area contributed by atoms with Gasteiger partial charge in [-0.2, -0.15) is 0 Å². The van der Waals surface area contributed by atoms with Crippen molar-refractivity contribution in [2.45, 2.75) is 39.7 Å². The van der Waals surface area contributed by atoms with E-state index in [9.17, 15) is 19.5 Å². The molecule has 2 rings (SSSR count). The average molecular weight is 360 g/mol. The lowest BCUT2D eigenvalue weighted by Gasteiger charge is -2.25. The second-order valence-corrected chi connectivity index (χ2v) is 6.14. The van der Waals surface area contributed by atoms with Crippen LogP contribution in [0.5, 0.6) is 5.75 Å². The van der Waals surface area contributed by atoms with Gasteiger partial charge in [-0.15, -0.1) is 0 Å². The van der Waals surface area contributed by atoms with E-state index in [4.69, 9.17) is 9.15 Å². The van der Waals surface area contributed by atoms with E-state index < -0.39 is 23.5 Å². The van der Waals surface area contributed by atoms with Crippen molar-refractivity contribution < 1.29 is 23.8 Å². The molecule has 7 heteroatoms. The zero-order valence-electron chi connectivity index (χ0n) is 15.0. The summed E-state index contributed by atoms with van der Waals surface area (Å²) in [5, 5.41) is 14.3. The second-order valence-electron chi connectivity index (χ2n) is 6.14. The molecule has 0 saturated carbocycles. The Morgan fingerprint density at radius 1 is 1.27 bits per heavy atom. The number of hydrogen-bond acceptors (Lipinski definition) is 6. The lowest BCUT2D eigenvalue weighted by Crippen LogP contribution is -2.52. The predicted octanol–water partition coefficient (Wildman–Crippen LogP) is 1.01. The first-order valence-corrected chi connectivity index (χ1v) is 8.55. The Balaban J connectivity index is 2.08. The number of amides is 1. The van der Waals surface area contributed by atoms with Gasteiger partial charge < -0.3 is 24.4 Å². The molecule has 1 aromatic heterocycles. The van der Waals surface area contributed by atoms with Crippen LogP contribution in [0, 0.1) is 5.92 Å². The van der Waals surface area contributed by atoms with Crippen LogP contribution >= 0.6 is 0 Å². The number of carbonyl (C=O) groups is 2. The van der Waals surface area contributed by atoms with E-state index >= 15 is 0 Å². The minimum Gasteiger partial charge on any atom is -0.548 e. The van der Waals surface area contributed by atoms with Gasteiger partial charge in [0.2, 0.25) is 0 Å². The average Bonchev–Trinajstić information content (AvgIpc) is 2.62. The Bertz CT molecular complexity index is 857. The summed E-state index contributed by atoms with van der Waals surface area (Å²) in [5.41, 5.74) is 0.792. The number of nitrogens with one attached hydrogen (secondary N) is 1. The maximum atomic E-state index is 12.0. The third kappa shape index (κ3) is 4.62. The molecular weight excluding hydrogens is 338 g/mol. The highest BCUT2D eigenvalue weighted by atomic mass is 16.5. The predicted molar refractivity (Wildman–Crippen MR) is 93.7 cm³/mol. The first-order chi connectivity index (χ1) is 12.3. The molecule has 1 amide bonds. The molecule has 2 aromatic rings. The summed E-state index contributed by atoms with van der Waals surface area (Å²) in [6.07, 6.45) is 1.27. The van der Waals surface area contributed by atoms with Gasteiger partial charge in [0.1, 0.15) is 11.3 Å². The number of aliphatic carboxylic acids is 1. The summed E-state index contributed by atoms with van der Waals surface area (Å²) in [6, 6.07) is 5.34. The van der Waals surface area contributed by atoms with Crippen molar-refractivity contribution in [1.29, 1.82) is 0 Å². The molecule has 7 nitrogen and oxygen atoms in total. The van der Waals surface area contributed by atoms with Crippen molar-refractivity contribution in [1.82, 2.24) is 5.32 Å². The van der Waals surface area contributed by atoms with Crippen LogP contribution in [0.1, 0.15) is 32.8 Å². The van der Waals surface area contributed by atoms with Gasteiger partial charge in [0.25, 0.3) is 5.91 Å². The SMILES string of the molecule is CCc1cc(=O)oc2cc(OCC(=O)N[C@H](C(=O)[O-])[C@@H](C)CC)ccc12. The van der Waals surface area contributed by atoms with E-state index in [0.29, 0.717) is 24.2 Å². The molecule has 2 atom stereocenters. The monoisotopic (exact) mass is 360 g/mol. The number of carboxylic acid groups (broad SMARTS) is 1. The van der Waals surface area contributed by atoms with Gasteiger partial charge in [0.15, 0.2) is 6.61 Å². The van der Waals surface area contributed by atoms with Crippen molar-refractivity contribution in [3.8, 4) is 5.75 Å². The summed E-state index contributed by atoms with van der Waals surface area (Å²) >= 11 is 0. The maximum Gasteiger partial charge on any atom is 0.336 e. The largest absolute Gasteiger partial charge is 0.548 e. The van der Waals surface area contributed by atoms with Crippen molar-refractivity contribution in [3.05, 3.63) is 40.2 Å². The number of benzene rings is 1. The van der Waals surface area contributed by atoms with Crippen LogP contribution in [0.2, 0.25) is 0 Å². The fourth-order valence-electron chi connectivity index (χ4n) is 2.63. The van der Waals surface area contributed by atoms with Gasteiger partial charge in [-0.05, 0) is 30.0 Å². The molecule has 140 valence electrons. The van der Waals surface area contributed by atoms with E-state index in [1.165, 1.54) is 12.1 Å². The molecule has 1 N–H and O–H groups in total. The number of hydrogen-bond donors (Lipinski definition) is 1. The van der Waals surface area contributed by atoms with Crippen LogP contribution in [0.15, 0.2) is 33.5 Å². The third-order valence-electron chi connectivity index (χ3n) is 4.34. The number of carboxylic acids is 1. The van der Waals surface area contributed by atoms with Crippen molar-refractivity contribution in [2.75, 3.05) is 6.61 Å². The van der Waals surface area contributed by atoms with Gasteiger partial charge >= 0.3 is 5.63 Å². The molecule has 0 unspecified atom stereocenters. The molecule has 0 saturated heterocycles. The first-order valence-electron chi connectivity index (χ1n) is 8.55. The summed E-state index contributed by atoms with van der Waals surface area (Å²) in [6.45, 7) is 5.13. The normalized spacial score (nSPS) is 13.2. The second kappa shape index (κ2) is 8.51. The van der Waals surface area contributed by atoms with Gasteiger partial charge in [-0.3, -0.25) is 4.79 Å². The molecule has 0 radical (unpaired) electrons. The highest BCUT2D eigenvalue weighted by Crippen LogP contribution is 2.23. The quantitative estimate of drug-likeness (QED) is 0.704. The van der Waals surface area contributed by atoms with Gasteiger partial charge in [-0.25, -0.2) is 4.79 Å². The van der Waals surface area contributed by atoms with Gasteiger partial charge in [0.05, 0.1) is 12.0 Å². The van der Waals surface area contributed by atoms with E-state index in [1.54, 1.807) is 19.1 Å². The number of aryl methyl sites for hydroxylation is 1. The smallest absolute Gasteiger partial charge is 0.336 e. The number of carbonyl (C=O) groups excluding carboxylic acids is 2. The highest BCUT2D eigenvalue weighted by Gasteiger charge is 2.19. The fourth-order valence-corrected chi connectivity index (χ4v) is 2.63. The summed E-state index contributed by atoms with van der Waals surface area (Å²) in [7, 11) is 0. The molecule has 0 aliphatic heterocycles. The third-order valence-corrected chi connectivity index (χ3v) is 4.34. The molecule has 1 aromatic carbocycles. The molecule has 0 bridgehead atoms. The zero-order valence-corrected chi connectivity index (χ0v) is 15.0. The Kier molecular flexibility index (Phi) is 6.38. The number of ether oxygens (including phenoxy) is 1.